The molecule has 3 atom stereocenters. The van der Waals surface area contributed by atoms with Gasteiger partial charge in [0.1, 0.15) is 29.5 Å². The molecule has 3 aromatic rings. The number of rotatable bonds is 7. The highest BCUT2D eigenvalue weighted by Crippen LogP contribution is 2.41. The second-order valence-electron chi connectivity index (χ2n) is 10.5. The van der Waals surface area contributed by atoms with Gasteiger partial charge in [-0.1, -0.05) is 18.2 Å². The lowest BCUT2D eigenvalue weighted by atomic mass is 10.0. The summed E-state index contributed by atoms with van der Waals surface area (Å²) in [6, 6.07) is 18.2. The number of hydrogen-bond acceptors (Lipinski definition) is 8. The van der Waals surface area contributed by atoms with Crippen molar-refractivity contribution in [2.24, 2.45) is 11.8 Å². The van der Waals surface area contributed by atoms with Crippen LogP contribution in [0, 0.1) is 17.2 Å². The molecule has 0 amide bonds. The van der Waals surface area contributed by atoms with Crippen LogP contribution in [0.3, 0.4) is 0 Å². The molecule has 3 fully saturated rings. The number of likely N-dealkylation sites (tertiary alicyclic amines) is 2. The van der Waals surface area contributed by atoms with Crippen LogP contribution in [0.4, 0.5) is 11.6 Å². The minimum absolute atomic E-state index is 0.306. The number of fused-ring (bicyclic) bond motifs is 1. The van der Waals surface area contributed by atoms with E-state index in [1.54, 1.807) is 0 Å². The molecule has 4 N–H and O–H groups in total. The van der Waals surface area contributed by atoms with Crippen LogP contribution in [0.25, 0.3) is 0 Å². The Labute approximate surface area is 212 Å². The number of nitrogens with two attached hydrogens (primary N) is 1. The van der Waals surface area contributed by atoms with Crippen LogP contribution >= 0.6 is 0 Å². The van der Waals surface area contributed by atoms with Crippen LogP contribution in [-0.2, 0) is 0 Å². The zero-order valence-corrected chi connectivity index (χ0v) is 20.6. The molecule has 0 bridgehead atoms. The van der Waals surface area contributed by atoms with E-state index in [9.17, 15) is 0 Å². The standard InChI is InChI=1S/C28H33N7O/c1-34-15-22(16-34)35-13-19-11-21(12-20(19)14-35)33-28-25(27(30)31-17-32-28)26(29)18-7-9-24(10-8-18)36-23-5-3-2-4-6-23/h2-10,17,19-22,29H,11-16H2,1H3,(H3,30,31,32,33)/t19-,20+,21?. The predicted octanol–water partition coefficient (Wildman–Crippen LogP) is 3.70. The number of para-hydroxylation sites is 1. The highest BCUT2D eigenvalue weighted by atomic mass is 16.5. The van der Waals surface area contributed by atoms with E-state index >= 15 is 0 Å². The second-order valence-corrected chi connectivity index (χ2v) is 10.5. The van der Waals surface area contributed by atoms with Gasteiger partial charge in [-0.05, 0) is 68.1 Å². The monoisotopic (exact) mass is 483 g/mol. The van der Waals surface area contributed by atoms with E-state index in [2.05, 4.69) is 32.1 Å². The van der Waals surface area contributed by atoms with Gasteiger partial charge < -0.3 is 20.7 Å². The van der Waals surface area contributed by atoms with Gasteiger partial charge in [-0.3, -0.25) is 10.3 Å². The summed E-state index contributed by atoms with van der Waals surface area (Å²) in [7, 11) is 2.20. The van der Waals surface area contributed by atoms with Crippen LogP contribution in [0.5, 0.6) is 11.5 Å². The smallest absolute Gasteiger partial charge is 0.141 e. The lowest BCUT2D eigenvalue weighted by Gasteiger charge is -2.42. The Balaban J connectivity index is 1.13. The largest absolute Gasteiger partial charge is 0.457 e. The molecule has 36 heavy (non-hydrogen) atoms. The summed E-state index contributed by atoms with van der Waals surface area (Å²) in [6.07, 6.45) is 3.74. The molecule has 0 spiro atoms. The van der Waals surface area contributed by atoms with E-state index < -0.39 is 0 Å². The molecule has 8 nitrogen and oxygen atoms in total. The quantitative estimate of drug-likeness (QED) is 0.440. The number of aromatic nitrogens is 2. The first-order valence-corrected chi connectivity index (χ1v) is 12.8. The first-order valence-electron chi connectivity index (χ1n) is 12.8. The number of ether oxygens (including phenoxy) is 1. The highest BCUT2D eigenvalue weighted by molar-refractivity contribution is 6.16. The van der Waals surface area contributed by atoms with E-state index in [1.807, 2.05) is 54.6 Å². The first kappa shape index (κ1) is 22.9. The van der Waals surface area contributed by atoms with E-state index in [4.69, 9.17) is 15.9 Å². The zero-order chi connectivity index (χ0) is 24.6. The van der Waals surface area contributed by atoms with Crippen LogP contribution in [-0.4, -0.2) is 70.8 Å². The number of benzene rings is 2. The molecular weight excluding hydrogens is 450 g/mol. The van der Waals surface area contributed by atoms with Crippen molar-refractivity contribution in [3.05, 3.63) is 72.1 Å². The van der Waals surface area contributed by atoms with Crippen molar-refractivity contribution in [1.82, 2.24) is 19.8 Å². The lowest BCUT2D eigenvalue weighted by molar-refractivity contribution is 0.0634. The predicted molar refractivity (Wildman–Crippen MR) is 142 cm³/mol. The van der Waals surface area contributed by atoms with Crippen LogP contribution in [0.2, 0.25) is 0 Å². The molecule has 2 aromatic carbocycles. The minimum atomic E-state index is 0.306. The average Bonchev–Trinajstić information content (AvgIpc) is 3.41. The van der Waals surface area contributed by atoms with Gasteiger partial charge in [-0.15, -0.1) is 0 Å². The van der Waals surface area contributed by atoms with Crippen molar-refractivity contribution in [2.45, 2.75) is 24.9 Å². The first-order chi connectivity index (χ1) is 17.5. The van der Waals surface area contributed by atoms with Gasteiger partial charge in [0.2, 0.25) is 0 Å². The van der Waals surface area contributed by atoms with Crippen molar-refractivity contribution >= 4 is 17.3 Å². The van der Waals surface area contributed by atoms with Gasteiger partial charge in [0, 0.05) is 43.8 Å². The van der Waals surface area contributed by atoms with Gasteiger partial charge in [-0.2, -0.15) is 0 Å². The number of nitrogen functional groups attached to an aromatic ring is 1. The topological polar surface area (TPSA) is 103 Å². The number of hydrogen-bond donors (Lipinski definition) is 3. The van der Waals surface area contributed by atoms with Crippen molar-refractivity contribution in [1.29, 1.82) is 5.41 Å². The van der Waals surface area contributed by atoms with Crippen LogP contribution in [0.15, 0.2) is 60.9 Å². The van der Waals surface area contributed by atoms with Crippen molar-refractivity contribution in [2.75, 3.05) is 44.3 Å². The Hall–Kier alpha value is -3.49. The van der Waals surface area contributed by atoms with Gasteiger partial charge in [0.25, 0.3) is 0 Å². The minimum Gasteiger partial charge on any atom is -0.457 e. The van der Waals surface area contributed by atoms with E-state index in [1.165, 1.54) is 32.5 Å². The molecule has 1 aromatic heterocycles. The molecular formula is C28H33N7O. The fourth-order valence-electron chi connectivity index (χ4n) is 6.06. The van der Waals surface area contributed by atoms with Crippen molar-refractivity contribution < 1.29 is 4.74 Å². The lowest BCUT2D eigenvalue weighted by Crippen LogP contribution is -2.57. The molecule has 1 saturated carbocycles. The zero-order valence-electron chi connectivity index (χ0n) is 20.6. The number of nitrogens with zero attached hydrogens (tertiary/aromatic N) is 4. The Kier molecular flexibility index (Phi) is 6.07. The summed E-state index contributed by atoms with van der Waals surface area (Å²) >= 11 is 0. The third-order valence-electron chi connectivity index (χ3n) is 7.93. The summed E-state index contributed by atoms with van der Waals surface area (Å²) in [6.45, 7) is 4.80. The maximum Gasteiger partial charge on any atom is 0.141 e. The molecule has 186 valence electrons. The Morgan fingerprint density at radius 3 is 2.28 bits per heavy atom. The summed E-state index contributed by atoms with van der Waals surface area (Å²) in [4.78, 5) is 13.8. The molecule has 6 rings (SSSR count). The fraction of sp³-hybridized carbons (Fsp3) is 0.393. The molecule has 2 aliphatic heterocycles. The summed E-state index contributed by atoms with van der Waals surface area (Å²) < 4.78 is 5.89. The van der Waals surface area contributed by atoms with Crippen molar-refractivity contribution in [3.8, 4) is 11.5 Å². The number of nitrogens with one attached hydrogen (secondary N) is 2. The number of anilines is 2. The molecule has 0 radical (unpaired) electrons. The Morgan fingerprint density at radius 1 is 0.944 bits per heavy atom. The SMILES string of the molecule is CN1CC(N2C[C@H]3CC(Nc4ncnc(N)c4C(=N)c4ccc(Oc5ccccc5)cc4)C[C@H]3C2)C1. The third kappa shape index (κ3) is 4.54. The maximum atomic E-state index is 8.91. The summed E-state index contributed by atoms with van der Waals surface area (Å²) in [5.74, 6) is 3.92. The van der Waals surface area contributed by atoms with E-state index in [0.29, 0.717) is 34.7 Å². The van der Waals surface area contributed by atoms with E-state index in [-0.39, 0.29) is 0 Å². The molecule has 1 unspecified atom stereocenters. The van der Waals surface area contributed by atoms with Crippen LogP contribution < -0.4 is 15.8 Å². The van der Waals surface area contributed by atoms with Gasteiger partial charge in [0.15, 0.2) is 0 Å². The highest BCUT2D eigenvalue weighted by Gasteiger charge is 2.44. The summed E-state index contributed by atoms with van der Waals surface area (Å²) in [5.41, 5.74) is 7.88. The Bertz CT molecular complexity index is 1210. The number of likely N-dealkylation sites (N-methyl/N-ethyl adjacent to an activating group) is 1. The van der Waals surface area contributed by atoms with Crippen molar-refractivity contribution in [3.63, 3.8) is 0 Å². The summed E-state index contributed by atoms with van der Waals surface area (Å²) in [5, 5.41) is 12.5. The molecule has 3 heterocycles. The Morgan fingerprint density at radius 2 is 1.61 bits per heavy atom. The van der Waals surface area contributed by atoms with Gasteiger partial charge >= 0.3 is 0 Å². The van der Waals surface area contributed by atoms with Gasteiger partial charge in [-0.25, -0.2) is 9.97 Å². The molecule has 2 saturated heterocycles. The maximum absolute atomic E-state index is 8.91. The van der Waals surface area contributed by atoms with E-state index in [0.717, 1.165) is 42.0 Å². The van der Waals surface area contributed by atoms with Gasteiger partial charge in [0.05, 0.1) is 11.3 Å². The second kappa shape index (κ2) is 9.52. The molecule has 8 heteroatoms. The normalized spacial score (nSPS) is 24.3. The molecule has 3 aliphatic rings. The molecule has 1 aliphatic carbocycles. The fourth-order valence-corrected chi connectivity index (χ4v) is 6.06. The third-order valence-corrected chi connectivity index (χ3v) is 7.93. The van der Waals surface area contributed by atoms with Crippen LogP contribution in [0.1, 0.15) is 24.0 Å². The average molecular weight is 484 g/mol.